The van der Waals surface area contributed by atoms with Crippen molar-refractivity contribution in [3.05, 3.63) is 28.0 Å². The van der Waals surface area contributed by atoms with Crippen LogP contribution in [-0.4, -0.2) is 24.5 Å². The third-order valence-corrected chi connectivity index (χ3v) is 3.19. The van der Waals surface area contributed by atoms with Crippen molar-refractivity contribution in [3.8, 4) is 0 Å². The Labute approximate surface area is 121 Å². The summed E-state index contributed by atoms with van der Waals surface area (Å²) in [6.45, 7) is 5.56. The van der Waals surface area contributed by atoms with Crippen LogP contribution in [0.1, 0.15) is 36.7 Å². The zero-order valence-corrected chi connectivity index (χ0v) is 12.3. The van der Waals surface area contributed by atoms with Gasteiger partial charge in [-0.1, -0.05) is 11.6 Å². The van der Waals surface area contributed by atoms with Crippen molar-refractivity contribution in [3.63, 3.8) is 0 Å². The van der Waals surface area contributed by atoms with Gasteiger partial charge in [-0.25, -0.2) is 9.18 Å². The fraction of sp³-hybridized carbons (Fsp3) is 0.429. The minimum atomic E-state index is -0.809. The number of anilines is 1. The molecular weight excluding hydrogens is 285 g/mol. The van der Waals surface area contributed by atoms with Crippen LogP contribution < -0.4 is 4.90 Å². The number of halogens is 2. The molecule has 6 heteroatoms. The molecule has 0 fully saturated rings. The Morgan fingerprint density at radius 1 is 1.50 bits per heavy atom. The minimum Gasteiger partial charge on any atom is -0.443 e. The number of hydrogen-bond donors (Lipinski definition) is 0. The van der Waals surface area contributed by atoms with Gasteiger partial charge in [0.2, 0.25) is 0 Å². The Balaban J connectivity index is 2.44. The van der Waals surface area contributed by atoms with Crippen molar-refractivity contribution in [2.24, 2.45) is 0 Å². The van der Waals surface area contributed by atoms with E-state index < -0.39 is 17.5 Å². The van der Waals surface area contributed by atoms with E-state index in [-0.39, 0.29) is 16.3 Å². The molecule has 0 N–H and O–H groups in total. The highest BCUT2D eigenvalue weighted by molar-refractivity contribution is 6.31. The maximum absolute atomic E-state index is 13.9. The Kier molecular flexibility index (Phi) is 3.73. The van der Waals surface area contributed by atoms with Crippen LogP contribution >= 0.6 is 11.6 Å². The molecule has 2 rings (SSSR count). The lowest BCUT2D eigenvalue weighted by molar-refractivity contribution is 0.0584. The molecule has 0 bridgehead atoms. The molecular formula is C14H15ClFNO3. The number of rotatable bonds is 1. The normalized spacial score (nSPS) is 14.2. The van der Waals surface area contributed by atoms with E-state index in [2.05, 4.69) is 0 Å². The number of benzene rings is 1. The Morgan fingerprint density at radius 3 is 2.70 bits per heavy atom. The summed E-state index contributed by atoms with van der Waals surface area (Å²) in [7, 11) is 0. The Morgan fingerprint density at radius 2 is 2.15 bits per heavy atom. The molecule has 1 amide bonds. The lowest BCUT2D eigenvalue weighted by Gasteiger charge is -2.25. The zero-order chi connectivity index (χ0) is 15.1. The first-order chi connectivity index (χ1) is 9.24. The number of fused-ring (bicyclic) bond motifs is 1. The van der Waals surface area contributed by atoms with Crippen molar-refractivity contribution < 1.29 is 18.7 Å². The van der Waals surface area contributed by atoms with Crippen LogP contribution in [0.3, 0.4) is 0 Å². The molecule has 0 aliphatic carbocycles. The summed E-state index contributed by atoms with van der Waals surface area (Å²) in [5.41, 5.74) is 0.0722. The number of carbonyl (C=O) groups excluding carboxylic acids is 2. The van der Waals surface area contributed by atoms with Crippen LogP contribution in [0.2, 0.25) is 5.02 Å². The van der Waals surface area contributed by atoms with Gasteiger partial charge < -0.3 is 4.74 Å². The highest BCUT2D eigenvalue weighted by atomic mass is 35.5. The van der Waals surface area contributed by atoms with Crippen LogP contribution in [0.15, 0.2) is 6.07 Å². The third-order valence-electron chi connectivity index (χ3n) is 2.91. The highest BCUT2D eigenvalue weighted by Gasteiger charge is 2.33. The molecule has 1 heterocycles. The molecule has 1 aliphatic heterocycles. The van der Waals surface area contributed by atoms with Crippen LogP contribution in [0.5, 0.6) is 0 Å². The molecule has 108 valence electrons. The van der Waals surface area contributed by atoms with Crippen LogP contribution in [-0.2, 0) is 11.2 Å². The van der Waals surface area contributed by atoms with Crippen LogP contribution in [0.4, 0.5) is 14.9 Å². The van der Waals surface area contributed by atoms with Crippen LogP contribution in [0.25, 0.3) is 0 Å². The second-order valence-electron chi connectivity index (χ2n) is 5.59. The first-order valence-corrected chi connectivity index (χ1v) is 6.59. The summed E-state index contributed by atoms with van der Waals surface area (Å²) in [6.07, 6.45) is 0.291. The standard InChI is InChI=1S/C14H15ClFNO3/c1-14(2,3)20-13(19)17-5-4-8-6-10(15)11(16)9(7-18)12(8)17/h6-7H,4-5H2,1-3H3. The van der Waals surface area contributed by atoms with Gasteiger partial charge in [-0.3, -0.25) is 9.69 Å². The molecule has 0 aromatic heterocycles. The van der Waals surface area contributed by atoms with E-state index in [1.165, 1.54) is 11.0 Å². The smallest absolute Gasteiger partial charge is 0.414 e. The molecule has 20 heavy (non-hydrogen) atoms. The number of amides is 1. The average Bonchev–Trinajstić information content (AvgIpc) is 2.72. The molecule has 0 saturated heterocycles. The van der Waals surface area contributed by atoms with E-state index in [1.807, 2.05) is 0 Å². The molecule has 4 nitrogen and oxygen atoms in total. The van der Waals surface area contributed by atoms with Gasteiger partial charge in [-0.15, -0.1) is 0 Å². The van der Waals surface area contributed by atoms with Crippen molar-refractivity contribution in [1.82, 2.24) is 0 Å². The number of aldehydes is 1. The second kappa shape index (κ2) is 5.05. The summed E-state index contributed by atoms with van der Waals surface area (Å²) in [4.78, 5) is 24.5. The maximum atomic E-state index is 13.9. The van der Waals surface area contributed by atoms with E-state index in [0.29, 0.717) is 24.8 Å². The van der Waals surface area contributed by atoms with E-state index in [9.17, 15) is 14.0 Å². The third kappa shape index (κ3) is 2.63. The fourth-order valence-corrected chi connectivity index (χ4v) is 2.38. The average molecular weight is 300 g/mol. The first kappa shape index (κ1) is 14.8. The summed E-state index contributed by atoms with van der Waals surface area (Å²) in [5, 5.41) is -0.114. The minimum absolute atomic E-state index is 0.114. The predicted octanol–water partition coefficient (Wildman–Crippen LogP) is 3.59. The van der Waals surface area contributed by atoms with Gasteiger partial charge in [-0.2, -0.15) is 0 Å². The lowest BCUT2D eigenvalue weighted by atomic mass is 10.1. The Bertz CT molecular complexity index is 581. The Hall–Kier alpha value is -1.62. The molecule has 0 unspecified atom stereocenters. The monoisotopic (exact) mass is 299 g/mol. The summed E-state index contributed by atoms with van der Waals surface area (Å²) < 4.78 is 19.2. The number of ether oxygens (including phenoxy) is 1. The predicted molar refractivity (Wildman–Crippen MR) is 74.1 cm³/mol. The summed E-state index contributed by atoms with van der Waals surface area (Å²) >= 11 is 5.74. The van der Waals surface area contributed by atoms with Gasteiger partial charge in [-0.05, 0) is 38.8 Å². The SMILES string of the molecule is CC(C)(C)OC(=O)N1CCc2cc(Cl)c(F)c(C=O)c21. The molecule has 0 radical (unpaired) electrons. The summed E-state index contributed by atoms with van der Waals surface area (Å²) in [5.74, 6) is -0.809. The van der Waals surface area contributed by atoms with Crippen LogP contribution in [0, 0.1) is 5.82 Å². The topological polar surface area (TPSA) is 46.6 Å². The number of hydrogen-bond acceptors (Lipinski definition) is 3. The lowest BCUT2D eigenvalue weighted by Crippen LogP contribution is -2.36. The molecule has 1 aromatic carbocycles. The van der Waals surface area contributed by atoms with Gasteiger partial charge in [0.1, 0.15) is 5.60 Å². The number of nitrogens with zero attached hydrogens (tertiary/aromatic N) is 1. The van der Waals surface area contributed by atoms with E-state index in [1.54, 1.807) is 20.8 Å². The van der Waals surface area contributed by atoms with Gasteiger partial charge in [0, 0.05) is 6.54 Å². The molecule has 1 aliphatic rings. The zero-order valence-electron chi connectivity index (χ0n) is 11.5. The van der Waals surface area contributed by atoms with Gasteiger partial charge >= 0.3 is 6.09 Å². The van der Waals surface area contributed by atoms with E-state index in [4.69, 9.17) is 16.3 Å². The second-order valence-corrected chi connectivity index (χ2v) is 6.00. The molecule has 0 atom stereocenters. The molecule has 1 aromatic rings. The fourth-order valence-electron chi connectivity index (χ4n) is 2.15. The van der Waals surface area contributed by atoms with Crippen molar-refractivity contribution in [1.29, 1.82) is 0 Å². The van der Waals surface area contributed by atoms with E-state index >= 15 is 0 Å². The van der Waals surface area contributed by atoms with E-state index in [0.717, 1.165) is 0 Å². The van der Waals surface area contributed by atoms with Gasteiger partial charge in [0.15, 0.2) is 12.1 Å². The number of carbonyl (C=O) groups is 2. The van der Waals surface area contributed by atoms with Crippen molar-refractivity contribution >= 4 is 29.7 Å². The van der Waals surface area contributed by atoms with Crippen molar-refractivity contribution in [2.45, 2.75) is 32.8 Å². The maximum Gasteiger partial charge on any atom is 0.414 e. The quantitative estimate of drug-likeness (QED) is 0.745. The first-order valence-electron chi connectivity index (χ1n) is 6.21. The largest absolute Gasteiger partial charge is 0.443 e. The molecule has 0 saturated carbocycles. The summed E-state index contributed by atoms with van der Waals surface area (Å²) in [6, 6.07) is 1.45. The molecule has 0 spiro atoms. The highest BCUT2D eigenvalue weighted by Crippen LogP contribution is 2.36. The van der Waals surface area contributed by atoms with Gasteiger partial charge in [0.25, 0.3) is 0 Å². The van der Waals surface area contributed by atoms with Gasteiger partial charge in [0.05, 0.1) is 16.3 Å². The van der Waals surface area contributed by atoms with Crippen molar-refractivity contribution in [2.75, 3.05) is 11.4 Å².